The molecule has 60 valence electrons. The van der Waals surface area contributed by atoms with Crippen LogP contribution < -0.4 is 5.32 Å². The number of methoxy groups -OCH3 is 1. The maximum absolute atomic E-state index is 9.65. The number of hydrogen-bond donors (Lipinski definition) is 2. The molecule has 0 aliphatic carbocycles. The van der Waals surface area contributed by atoms with Crippen LogP contribution in [0.1, 0.15) is 13.3 Å². The van der Waals surface area contributed by atoms with Gasteiger partial charge in [0.25, 0.3) is 0 Å². The van der Waals surface area contributed by atoms with Crippen molar-refractivity contribution < 1.29 is 9.84 Å². The van der Waals surface area contributed by atoms with Gasteiger partial charge in [-0.3, -0.25) is 0 Å². The first-order chi connectivity index (χ1) is 4.67. The van der Waals surface area contributed by atoms with Crippen molar-refractivity contribution in [2.75, 3.05) is 20.2 Å². The van der Waals surface area contributed by atoms with Crippen molar-refractivity contribution in [2.45, 2.75) is 25.0 Å². The van der Waals surface area contributed by atoms with Crippen molar-refractivity contribution in [3.63, 3.8) is 0 Å². The summed E-state index contributed by atoms with van der Waals surface area (Å²) in [6.07, 6.45) is 0.887. The molecular formula is C7H15NO2. The minimum Gasteiger partial charge on any atom is -0.386 e. The highest BCUT2D eigenvalue weighted by Gasteiger charge is 2.34. The highest BCUT2D eigenvalue weighted by atomic mass is 16.5. The van der Waals surface area contributed by atoms with Crippen molar-refractivity contribution in [3.05, 3.63) is 0 Å². The summed E-state index contributed by atoms with van der Waals surface area (Å²) < 4.78 is 5.12. The summed E-state index contributed by atoms with van der Waals surface area (Å²) in [6.45, 7) is 3.37. The van der Waals surface area contributed by atoms with Gasteiger partial charge in [0.2, 0.25) is 0 Å². The summed E-state index contributed by atoms with van der Waals surface area (Å²) in [6, 6.07) is 0. The van der Waals surface area contributed by atoms with Crippen LogP contribution in [0.15, 0.2) is 0 Å². The minimum atomic E-state index is -0.688. The molecule has 0 amide bonds. The molecule has 1 saturated heterocycles. The molecule has 0 radical (unpaired) electrons. The lowest BCUT2D eigenvalue weighted by atomic mass is 9.93. The molecule has 0 unspecified atom stereocenters. The van der Waals surface area contributed by atoms with Crippen LogP contribution >= 0.6 is 0 Å². The van der Waals surface area contributed by atoms with Gasteiger partial charge in [-0.1, -0.05) is 0 Å². The van der Waals surface area contributed by atoms with Crippen LogP contribution in [0.5, 0.6) is 0 Å². The van der Waals surface area contributed by atoms with Crippen LogP contribution in [0, 0.1) is 0 Å². The molecule has 3 heteroatoms. The second-order valence-corrected chi connectivity index (χ2v) is 3.05. The third-order valence-electron chi connectivity index (χ3n) is 2.04. The van der Waals surface area contributed by atoms with Crippen molar-refractivity contribution in [2.24, 2.45) is 0 Å². The number of piperidine rings is 1. The van der Waals surface area contributed by atoms with Crippen LogP contribution in [0.4, 0.5) is 0 Å². The van der Waals surface area contributed by atoms with Gasteiger partial charge in [0, 0.05) is 13.7 Å². The normalized spacial score (nSPS) is 41.7. The van der Waals surface area contributed by atoms with E-state index in [0.717, 1.165) is 13.0 Å². The zero-order chi connectivity index (χ0) is 7.61. The molecule has 2 atom stereocenters. The first kappa shape index (κ1) is 7.98. The van der Waals surface area contributed by atoms with Gasteiger partial charge >= 0.3 is 0 Å². The van der Waals surface area contributed by atoms with Crippen LogP contribution in [0.3, 0.4) is 0 Å². The van der Waals surface area contributed by atoms with Gasteiger partial charge in [-0.25, -0.2) is 0 Å². The fourth-order valence-electron chi connectivity index (χ4n) is 1.37. The Labute approximate surface area is 61.4 Å². The van der Waals surface area contributed by atoms with Gasteiger partial charge < -0.3 is 15.2 Å². The molecule has 0 bridgehead atoms. The van der Waals surface area contributed by atoms with Gasteiger partial charge in [0.05, 0.1) is 6.10 Å². The second-order valence-electron chi connectivity index (χ2n) is 3.05. The second kappa shape index (κ2) is 2.86. The monoisotopic (exact) mass is 145 g/mol. The van der Waals surface area contributed by atoms with E-state index < -0.39 is 5.60 Å². The van der Waals surface area contributed by atoms with E-state index in [1.807, 2.05) is 0 Å². The lowest BCUT2D eigenvalue weighted by molar-refractivity contribution is -0.0954. The van der Waals surface area contributed by atoms with Gasteiger partial charge in [-0.05, 0) is 19.9 Å². The number of nitrogens with one attached hydrogen (secondary N) is 1. The highest BCUT2D eigenvalue weighted by molar-refractivity contribution is 4.89. The molecule has 0 aromatic rings. The molecule has 1 heterocycles. The van der Waals surface area contributed by atoms with Crippen molar-refractivity contribution >= 4 is 0 Å². The molecular weight excluding hydrogens is 130 g/mol. The van der Waals surface area contributed by atoms with E-state index in [1.165, 1.54) is 0 Å². The van der Waals surface area contributed by atoms with Crippen molar-refractivity contribution in [1.29, 1.82) is 0 Å². The number of ether oxygens (including phenoxy) is 1. The van der Waals surface area contributed by atoms with Crippen molar-refractivity contribution in [1.82, 2.24) is 5.32 Å². The standard InChI is InChI=1S/C7H15NO2/c1-7(9)5-8-4-3-6(7)10-2/h6,8-9H,3-5H2,1-2H3/t6-,7+/m0/s1. The molecule has 1 aliphatic rings. The van der Waals surface area contributed by atoms with Crippen molar-refractivity contribution in [3.8, 4) is 0 Å². The summed E-state index contributed by atoms with van der Waals surface area (Å²) in [5, 5.41) is 12.8. The Kier molecular flexibility index (Phi) is 2.28. The van der Waals surface area contributed by atoms with E-state index in [-0.39, 0.29) is 6.10 Å². The van der Waals surface area contributed by atoms with E-state index in [4.69, 9.17) is 4.74 Å². The predicted octanol–water partition coefficient (Wildman–Crippen LogP) is -0.254. The molecule has 1 rings (SSSR count). The fourth-order valence-corrected chi connectivity index (χ4v) is 1.37. The Bertz CT molecular complexity index is 114. The van der Waals surface area contributed by atoms with Gasteiger partial charge in [-0.15, -0.1) is 0 Å². The molecule has 0 aromatic heterocycles. The first-order valence-electron chi connectivity index (χ1n) is 3.63. The summed E-state index contributed by atoms with van der Waals surface area (Å²) >= 11 is 0. The third-order valence-corrected chi connectivity index (χ3v) is 2.04. The topological polar surface area (TPSA) is 41.5 Å². The Morgan fingerprint density at radius 2 is 2.40 bits per heavy atom. The fraction of sp³-hybridized carbons (Fsp3) is 1.00. The zero-order valence-corrected chi connectivity index (χ0v) is 6.55. The number of aliphatic hydroxyl groups is 1. The Hall–Kier alpha value is -0.120. The smallest absolute Gasteiger partial charge is 0.100 e. The SMILES string of the molecule is CO[C@H]1CCNC[C@@]1(C)O. The maximum atomic E-state index is 9.65. The largest absolute Gasteiger partial charge is 0.386 e. The molecule has 3 nitrogen and oxygen atoms in total. The Balaban J connectivity index is 2.51. The summed E-state index contributed by atoms with van der Waals surface area (Å²) in [7, 11) is 1.64. The minimum absolute atomic E-state index is 0.00579. The maximum Gasteiger partial charge on any atom is 0.100 e. The molecule has 2 N–H and O–H groups in total. The van der Waals surface area contributed by atoms with E-state index in [2.05, 4.69) is 5.32 Å². The Morgan fingerprint density at radius 1 is 1.70 bits per heavy atom. The third kappa shape index (κ3) is 1.48. The lowest BCUT2D eigenvalue weighted by Crippen LogP contribution is -2.54. The van der Waals surface area contributed by atoms with Crippen LogP contribution in [0.2, 0.25) is 0 Å². The van der Waals surface area contributed by atoms with E-state index >= 15 is 0 Å². The Morgan fingerprint density at radius 3 is 2.80 bits per heavy atom. The number of β-amino-alcohol motifs (C(OH)–C–C–N with tert-alkyl or cyclic N) is 1. The van der Waals surface area contributed by atoms with Crippen LogP contribution in [-0.2, 0) is 4.74 Å². The summed E-state index contributed by atoms with van der Waals surface area (Å²) in [5.41, 5.74) is -0.688. The van der Waals surface area contributed by atoms with Gasteiger partial charge in [0.15, 0.2) is 0 Å². The average Bonchev–Trinajstić information content (AvgIpc) is 1.87. The van der Waals surface area contributed by atoms with Crippen LogP contribution in [0.25, 0.3) is 0 Å². The van der Waals surface area contributed by atoms with E-state index in [0.29, 0.717) is 6.54 Å². The quantitative estimate of drug-likeness (QED) is 0.534. The molecule has 1 aliphatic heterocycles. The molecule has 0 aromatic carbocycles. The van der Waals surface area contributed by atoms with E-state index in [1.54, 1.807) is 14.0 Å². The van der Waals surface area contributed by atoms with Crippen LogP contribution in [-0.4, -0.2) is 37.0 Å². The van der Waals surface area contributed by atoms with Gasteiger partial charge in [0.1, 0.15) is 5.60 Å². The number of hydrogen-bond acceptors (Lipinski definition) is 3. The summed E-state index contributed by atoms with van der Waals surface area (Å²) in [5.74, 6) is 0. The zero-order valence-electron chi connectivity index (χ0n) is 6.55. The molecule has 10 heavy (non-hydrogen) atoms. The first-order valence-corrected chi connectivity index (χ1v) is 3.63. The summed E-state index contributed by atoms with van der Waals surface area (Å²) in [4.78, 5) is 0. The highest BCUT2D eigenvalue weighted by Crippen LogP contribution is 2.17. The molecule has 1 fully saturated rings. The lowest BCUT2D eigenvalue weighted by Gasteiger charge is -2.36. The molecule has 0 saturated carbocycles. The average molecular weight is 145 g/mol. The predicted molar refractivity (Wildman–Crippen MR) is 38.9 cm³/mol. The van der Waals surface area contributed by atoms with Gasteiger partial charge in [-0.2, -0.15) is 0 Å². The van der Waals surface area contributed by atoms with E-state index in [9.17, 15) is 5.11 Å². The number of rotatable bonds is 1. The molecule has 0 spiro atoms.